The van der Waals surface area contributed by atoms with Gasteiger partial charge < -0.3 is 9.84 Å². The first-order chi connectivity index (χ1) is 12.8. The van der Waals surface area contributed by atoms with Crippen LogP contribution in [0, 0.1) is 3.57 Å². The molecule has 0 spiro atoms. The van der Waals surface area contributed by atoms with Crippen molar-refractivity contribution in [1.29, 1.82) is 0 Å². The fourth-order valence-corrected chi connectivity index (χ4v) is 2.90. The van der Waals surface area contributed by atoms with Gasteiger partial charge in [-0.1, -0.05) is 36.4 Å². The number of esters is 1. The van der Waals surface area contributed by atoms with E-state index in [0.717, 1.165) is 5.56 Å². The van der Waals surface area contributed by atoms with Gasteiger partial charge in [0.2, 0.25) is 0 Å². The standard InChI is InChI=1S/C19H17F3INO3/c20-19(21,22)17(11-18(26)27-12-14-4-2-1-3-5-14)24-16-7-6-13(8-9-25)10-15(16)23/h1-7,10,25H,8-9,11-12H2. The van der Waals surface area contributed by atoms with Crippen LogP contribution in [-0.4, -0.2) is 29.6 Å². The molecule has 0 aliphatic rings. The van der Waals surface area contributed by atoms with E-state index in [2.05, 4.69) is 4.99 Å². The van der Waals surface area contributed by atoms with Crippen molar-refractivity contribution in [2.45, 2.75) is 25.6 Å². The zero-order chi connectivity index (χ0) is 19.9. The maximum Gasteiger partial charge on any atom is 0.430 e. The molecule has 0 fully saturated rings. The second-order valence-electron chi connectivity index (χ2n) is 5.64. The molecule has 0 unspecified atom stereocenters. The monoisotopic (exact) mass is 491 g/mol. The van der Waals surface area contributed by atoms with Crippen LogP contribution in [0.1, 0.15) is 17.5 Å². The van der Waals surface area contributed by atoms with Gasteiger partial charge in [-0.25, -0.2) is 4.99 Å². The second-order valence-corrected chi connectivity index (χ2v) is 6.80. The van der Waals surface area contributed by atoms with Crippen LogP contribution in [0.3, 0.4) is 0 Å². The number of halogens is 4. The van der Waals surface area contributed by atoms with Crippen molar-refractivity contribution in [1.82, 2.24) is 0 Å². The third-order valence-electron chi connectivity index (χ3n) is 3.55. The van der Waals surface area contributed by atoms with Crippen LogP contribution in [0.2, 0.25) is 0 Å². The quantitative estimate of drug-likeness (QED) is 0.350. The van der Waals surface area contributed by atoms with Crippen molar-refractivity contribution in [3.05, 3.63) is 63.2 Å². The summed E-state index contributed by atoms with van der Waals surface area (Å²) in [7, 11) is 0. The van der Waals surface area contributed by atoms with E-state index in [1.54, 1.807) is 42.5 Å². The minimum atomic E-state index is -4.75. The first kappa shape index (κ1) is 21.4. The molecular formula is C19H17F3INO3. The van der Waals surface area contributed by atoms with E-state index in [-0.39, 0.29) is 18.9 Å². The summed E-state index contributed by atoms with van der Waals surface area (Å²) in [4.78, 5) is 15.5. The molecule has 8 heteroatoms. The third kappa shape index (κ3) is 6.94. The highest BCUT2D eigenvalue weighted by atomic mass is 127. The molecule has 0 bridgehead atoms. The number of hydrogen-bond donors (Lipinski definition) is 1. The molecule has 0 heterocycles. The molecule has 0 atom stereocenters. The Morgan fingerprint density at radius 3 is 2.41 bits per heavy atom. The van der Waals surface area contributed by atoms with Gasteiger partial charge in [0.15, 0.2) is 0 Å². The molecule has 4 nitrogen and oxygen atoms in total. The Morgan fingerprint density at radius 1 is 1.11 bits per heavy atom. The first-order valence-electron chi connectivity index (χ1n) is 8.03. The fourth-order valence-electron chi connectivity index (χ4n) is 2.20. The lowest BCUT2D eigenvalue weighted by Gasteiger charge is -2.12. The minimum Gasteiger partial charge on any atom is -0.461 e. The first-order valence-corrected chi connectivity index (χ1v) is 9.11. The topological polar surface area (TPSA) is 58.9 Å². The molecule has 0 aliphatic carbocycles. The molecule has 144 valence electrons. The largest absolute Gasteiger partial charge is 0.461 e. The number of aliphatic imine (C=N–C) groups is 1. The summed E-state index contributed by atoms with van der Waals surface area (Å²) in [5, 5.41) is 8.93. The number of alkyl halides is 3. The van der Waals surface area contributed by atoms with Gasteiger partial charge in [-0.05, 0) is 52.3 Å². The predicted octanol–water partition coefficient (Wildman–Crippen LogP) is 4.59. The van der Waals surface area contributed by atoms with E-state index < -0.39 is 24.3 Å². The minimum absolute atomic E-state index is 0.0558. The van der Waals surface area contributed by atoms with Crippen LogP contribution in [0.5, 0.6) is 0 Å². The van der Waals surface area contributed by atoms with E-state index in [1.165, 1.54) is 6.07 Å². The number of benzene rings is 2. The lowest BCUT2D eigenvalue weighted by atomic mass is 10.1. The Hall–Kier alpha value is -1.94. The van der Waals surface area contributed by atoms with E-state index >= 15 is 0 Å². The maximum atomic E-state index is 13.3. The molecule has 0 aromatic heterocycles. The van der Waals surface area contributed by atoms with Crippen molar-refractivity contribution >= 4 is 40.0 Å². The van der Waals surface area contributed by atoms with E-state index in [9.17, 15) is 18.0 Å². The van der Waals surface area contributed by atoms with Gasteiger partial charge in [0.05, 0.1) is 12.1 Å². The van der Waals surface area contributed by atoms with Crippen molar-refractivity contribution in [3.63, 3.8) is 0 Å². The molecule has 1 N–H and O–H groups in total. The molecule has 0 saturated heterocycles. The number of aliphatic hydroxyl groups is 1. The van der Waals surface area contributed by atoms with Crippen LogP contribution in [0.25, 0.3) is 0 Å². The Labute approximate surface area is 168 Å². The average molecular weight is 491 g/mol. The summed E-state index contributed by atoms with van der Waals surface area (Å²) >= 11 is 1.87. The van der Waals surface area contributed by atoms with Crippen molar-refractivity contribution in [2.24, 2.45) is 4.99 Å². The maximum absolute atomic E-state index is 13.3. The van der Waals surface area contributed by atoms with Gasteiger partial charge in [-0.3, -0.25) is 4.79 Å². The molecule has 2 aromatic rings. The average Bonchev–Trinajstić information content (AvgIpc) is 2.62. The van der Waals surface area contributed by atoms with Crippen molar-refractivity contribution < 1.29 is 27.8 Å². The van der Waals surface area contributed by atoms with Crippen LogP contribution >= 0.6 is 22.6 Å². The Kier molecular flexibility index (Phi) is 7.78. The van der Waals surface area contributed by atoms with Gasteiger partial charge >= 0.3 is 12.1 Å². The lowest BCUT2D eigenvalue weighted by Crippen LogP contribution is -2.26. The summed E-state index contributed by atoms with van der Waals surface area (Å²) in [5.41, 5.74) is 0.371. The Balaban J connectivity index is 2.13. The number of hydrogen-bond acceptors (Lipinski definition) is 4. The number of aliphatic hydroxyl groups excluding tert-OH is 1. The number of nitrogens with zero attached hydrogens (tertiary/aromatic N) is 1. The SMILES string of the molecule is O=C(CC(=Nc1ccc(CCO)cc1I)C(F)(F)F)OCc1ccccc1. The second kappa shape index (κ2) is 9.84. The molecular weight excluding hydrogens is 474 g/mol. The van der Waals surface area contributed by atoms with Gasteiger partial charge in [0.25, 0.3) is 0 Å². The van der Waals surface area contributed by atoms with E-state index in [4.69, 9.17) is 9.84 Å². The molecule has 2 aromatic carbocycles. The highest BCUT2D eigenvalue weighted by Gasteiger charge is 2.37. The fraction of sp³-hybridized carbons (Fsp3) is 0.263. The summed E-state index contributed by atoms with van der Waals surface area (Å²) in [6, 6.07) is 13.4. The summed E-state index contributed by atoms with van der Waals surface area (Å²) in [6.45, 7) is -0.155. The number of carbonyl (C=O) groups excluding carboxylic acids is 1. The smallest absolute Gasteiger partial charge is 0.430 e. The summed E-state index contributed by atoms with van der Waals surface area (Å²) < 4.78 is 45.3. The zero-order valence-electron chi connectivity index (χ0n) is 14.2. The highest BCUT2D eigenvalue weighted by molar-refractivity contribution is 14.1. The van der Waals surface area contributed by atoms with Crippen LogP contribution in [0.15, 0.2) is 53.5 Å². The van der Waals surface area contributed by atoms with Crippen molar-refractivity contribution in [3.8, 4) is 0 Å². The van der Waals surface area contributed by atoms with Gasteiger partial charge in [0.1, 0.15) is 12.3 Å². The molecule has 0 aliphatic heterocycles. The van der Waals surface area contributed by atoms with E-state index in [1.807, 2.05) is 22.6 Å². The van der Waals surface area contributed by atoms with Crippen LogP contribution in [0.4, 0.5) is 18.9 Å². The van der Waals surface area contributed by atoms with Gasteiger partial charge in [0, 0.05) is 10.2 Å². The lowest BCUT2D eigenvalue weighted by molar-refractivity contribution is -0.144. The zero-order valence-corrected chi connectivity index (χ0v) is 16.3. The number of ether oxygens (including phenoxy) is 1. The molecule has 0 amide bonds. The summed E-state index contributed by atoms with van der Waals surface area (Å²) in [6.07, 6.45) is -5.32. The van der Waals surface area contributed by atoms with Gasteiger partial charge in [-0.15, -0.1) is 0 Å². The number of carbonyl (C=O) groups is 1. The van der Waals surface area contributed by atoms with Gasteiger partial charge in [-0.2, -0.15) is 13.2 Å². The molecule has 27 heavy (non-hydrogen) atoms. The molecule has 0 saturated carbocycles. The molecule has 2 rings (SSSR count). The summed E-state index contributed by atoms with van der Waals surface area (Å²) in [5.74, 6) is -0.998. The van der Waals surface area contributed by atoms with Crippen LogP contribution < -0.4 is 0 Å². The number of rotatable bonds is 7. The van der Waals surface area contributed by atoms with Crippen LogP contribution in [-0.2, 0) is 22.6 Å². The van der Waals surface area contributed by atoms with E-state index in [0.29, 0.717) is 15.6 Å². The Morgan fingerprint density at radius 2 is 1.81 bits per heavy atom. The predicted molar refractivity (Wildman–Crippen MR) is 104 cm³/mol. The highest BCUT2D eigenvalue weighted by Crippen LogP contribution is 2.28. The third-order valence-corrected chi connectivity index (χ3v) is 4.41. The normalized spacial score (nSPS) is 12.1. The molecule has 0 radical (unpaired) electrons. The van der Waals surface area contributed by atoms with Crippen molar-refractivity contribution in [2.75, 3.05) is 6.61 Å². The Bertz CT molecular complexity index is 808.